The molecule has 0 aromatic carbocycles. The number of rotatable bonds is 0. The average Bonchev–Trinajstić information content (AvgIpc) is 1.80. The number of hydrogen-bond acceptors (Lipinski definition) is 1. The van der Waals surface area contributed by atoms with Gasteiger partial charge in [0.25, 0.3) is 0 Å². The second-order valence-electron chi connectivity index (χ2n) is 2.73. The summed E-state index contributed by atoms with van der Waals surface area (Å²) in [6.45, 7) is 1.54. The summed E-state index contributed by atoms with van der Waals surface area (Å²) >= 11 is 0. The lowest BCUT2D eigenvalue weighted by molar-refractivity contribution is 0.175. The topological polar surface area (TPSA) is 3.24 Å². The standard InChI is InChI=1S/C6H11BFN/c1-9-3-2-6(8)5(7)4-9/h5-6H,2-4H2,1H3/t5?,6-/m0/s1. The van der Waals surface area contributed by atoms with Crippen LogP contribution in [0.3, 0.4) is 0 Å². The van der Waals surface area contributed by atoms with Gasteiger partial charge in [0.1, 0.15) is 0 Å². The fourth-order valence-electron chi connectivity index (χ4n) is 1.12. The number of likely N-dealkylation sites (tertiary alicyclic amines) is 1. The van der Waals surface area contributed by atoms with Crippen molar-refractivity contribution in [3.63, 3.8) is 0 Å². The van der Waals surface area contributed by atoms with Crippen LogP contribution in [-0.4, -0.2) is 39.1 Å². The molecule has 9 heavy (non-hydrogen) atoms. The maximum absolute atomic E-state index is 12.6. The summed E-state index contributed by atoms with van der Waals surface area (Å²) in [5.41, 5.74) is 0. The highest BCUT2D eigenvalue weighted by molar-refractivity contribution is 6.12. The van der Waals surface area contributed by atoms with Crippen molar-refractivity contribution in [2.24, 2.45) is 0 Å². The number of alkyl halides is 1. The molecule has 0 amide bonds. The Labute approximate surface area is 56.6 Å². The van der Waals surface area contributed by atoms with Gasteiger partial charge in [0.05, 0.1) is 14.0 Å². The van der Waals surface area contributed by atoms with Crippen LogP contribution >= 0.6 is 0 Å². The number of piperidine rings is 1. The van der Waals surface area contributed by atoms with E-state index in [1.165, 1.54) is 0 Å². The predicted molar refractivity (Wildman–Crippen MR) is 36.5 cm³/mol. The van der Waals surface area contributed by atoms with Gasteiger partial charge in [0.2, 0.25) is 0 Å². The maximum atomic E-state index is 12.6. The largest absolute Gasteiger partial charge is 0.307 e. The molecule has 1 saturated heterocycles. The minimum absolute atomic E-state index is 0.260. The molecule has 0 N–H and O–H groups in total. The normalized spacial score (nSPS) is 38.9. The Morgan fingerprint density at radius 3 is 2.78 bits per heavy atom. The third-order valence-corrected chi connectivity index (χ3v) is 1.77. The molecule has 0 bridgehead atoms. The Bertz CT molecular complexity index is 99.1. The number of halogens is 1. The van der Waals surface area contributed by atoms with Crippen molar-refractivity contribution in [2.75, 3.05) is 20.1 Å². The lowest BCUT2D eigenvalue weighted by Crippen LogP contribution is -2.35. The average molecular weight is 127 g/mol. The molecule has 0 saturated carbocycles. The first-order valence-electron chi connectivity index (χ1n) is 3.28. The van der Waals surface area contributed by atoms with Crippen LogP contribution in [0.4, 0.5) is 4.39 Å². The highest BCUT2D eigenvalue weighted by atomic mass is 19.1. The quantitative estimate of drug-likeness (QED) is 0.431. The predicted octanol–water partition coefficient (Wildman–Crippen LogP) is 0.617. The molecule has 0 aliphatic carbocycles. The smallest absolute Gasteiger partial charge is 0.0976 e. The van der Waals surface area contributed by atoms with Gasteiger partial charge in [-0.05, 0) is 25.8 Å². The molecule has 0 aromatic rings. The van der Waals surface area contributed by atoms with Crippen molar-refractivity contribution < 1.29 is 4.39 Å². The van der Waals surface area contributed by atoms with E-state index in [0.29, 0.717) is 13.0 Å². The Hall–Kier alpha value is -0.0451. The molecule has 1 unspecified atom stereocenters. The third-order valence-electron chi connectivity index (χ3n) is 1.77. The van der Waals surface area contributed by atoms with E-state index in [9.17, 15) is 4.39 Å². The van der Waals surface area contributed by atoms with Crippen LogP contribution in [0.25, 0.3) is 0 Å². The maximum Gasteiger partial charge on any atom is 0.0976 e. The van der Waals surface area contributed by atoms with Crippen LogP contribution < -0.4 is 0 Å². The second kappa shape index (κ2) is 2.69. The van der Waals surface area contributed by atoms with Gasteiger partial charge in [0.15, 0.2) is 0 Å². The molecule has 50 valence electrons. The molecule has 1 aliphatic rings. The molecule has 1 heterocycles. The molecule has 0 spiro atoms. The first kappa shape index (κ1) is 7.07. The zero-order valence-electron chi connectivity index (χ0n) is 5.68. The van der Waals surface area contributed by atoms with Crippen LogP contribution in [0.15, 0.2) is 0 Å². The van der Waals surface area contributed by atoms with Gasteiger partial charge >= 0.3 is 0 Å². The molecule has 0 aromatic heterocycles. The van der Waals surface area contributed by atoms with Crippen molar-refractivity contribution in [1.82, 2.24) is 4.90 Å². The van der Waals surface area contributed by atoms with Gasteiger partial charge in [-0.1, -0.05) is 0 Å². The Morgan fingerprint density at radius 2 is 2.33 bits per heavy atom. The van der Waals surface area contributed by atoms with E-state index >= 15 is 0 Å². The lowest BCUT2D eigenvalue weighted by atomic mass is 9.79. The lowest BCUT2D eigenvalue weighted by Gasteiger charge is -2.30. The Kier molecular flexibility index (Phi) is 2.11. The minimum atomic E-state index is -0.777. The highest BCUT2D eigenvalue weighted by Crippen LogP contribution is 2.20. The van der Waals surface area contributed by atoms with Crippen molar-refractivity contribution in [1.29, 1.82) is 0 Å². The van der Waals surface area contributed by atoms with Crippen LogP contribution in [0.5, 0.6) is 0 Å². The molecule has 1 nitrogen and oxygen atoms in total. The van der Waals surface area contributed by atoms with Gasteiger partial charge < -0.3 is 4.90 Å². The van der Waals surface area contributed by atoms with E-state index in [1.807, 2.05) is 7.05 Å². The first-order chi connectivity index (χ1) is 4.20. The van der Waals surface area contributed by atoms with Crippen LogP contribution in [-0.2, 0) is 0 Å². The van der Waals surface area contributed by atoms with Crippen molar-refractivity contribution >= 4 is 7.85 Å². The summed E-state index contributed by atoms with van der Waals surface area (Å²) in [6.07, 6.45) is -0.182. The molecule has 1 fully saturated rings. The van der Waals surface area contributed by atoms with Crippen LogP contribution in [0, 0.1) is 0 Å². The minimum Gasteiger partial charge on any atom is -0.307 e. The summed E-state index contributed by atoms with van der Waals surface area (Å²) in [7, 11) is 7.42. The van der Waals surface area contributed by atoms with Gasteiger partial charge in [-0.15, -0.1) is 0 Å². The molecule has 1 rings (SSSR count). The van der Waals surface area contributed by atoms with Gasteiger partial charge in [-0.2, -0.15) is 0 Å². The summed E-state index contributed by atoms with van der Waals surface area (Å²) in [6, 6.07) is 0. The van der Waals surface area contributed by atoms with Crippen molar-refractivity contribution in [2.45, 2.75) is 18.4 Å². The highest BCUT2D eigenvalue weighted by Gasteiger charge is 2.22. The summed E-state index contributed by atoms with van der Waals surface area (Å²) in [5, 5.41) is 0. The van der Waals surface area contributed by atoms with E-state index in [1.54, 1.807) is 0 Å². The number of nitrogens with zero attached hydrogens (tertiary/aromatic N) is 1. The molecule has 3 heteroatoms. The van der Waals surface area contributed by atoms with Crippen LogP contribution in [0.2, 0.25) is 5.82 Å². The van der Waals surface area contributed by atoms with Gasteiger partial charge in [0, 0.05) is 6.54 Å². The summed E-state index contributed by atoms with van der Waals surface area (Å²) in [4.78, 5) is 2.06. The van der Waals surface area contributed by atoms with E-state index < -0.39 is 6.17 Å². The molecule has 1 aliphatic heterocycles. The Morgan fingerprint density at radius 1 is 1.67 bits per heavy atom. The van der Waals surface area contributed by atoms with E-state index in [2.05, 4.69) is 4.90 Å². The molecular weight excluding hydrogens is 116 g/mol. The second-order valence-corrected chi connectivity index (χ2v) is 2.73. The molecule has 2 atom stereocenters. The first-order valence-corrected chi connectivity index (χ1v) is 3.28. The monoisotopic (exact) mass is 127 g/mol. The Balaban J connectivity index is 2.35. The summed E-state index contributed by atoms with van der Waals surface area (Å²) in [5.74, 6) is -0.260. The SMILES string of the molecule is [B]C1CN(C)CC[C@@H]1F. The van der Waals surface area contributed by atoms with E-state index in [4.69, 9.17) is 7.85 Å². The molecular formula is C6H11BFN. The van der Waals surface area contributed by atoms with E-state index in [-0.39, 0.29) is 5.82 Å². The molecule has 2 radical (unpaired) electrons. The zero-order chi connectivity index (χ0) is 6.85. The fourth-order valence-corrected chi connectivity index (χ4v) is 1.12. The van der Waals surface area contributed by atoms with Gasteiger partial charge in [-0.25, -0.2) is 4.39 Å². The van der Waals surface area contributed by atoms with Gasteiger partial charge in [-0.3, -0.25) is 0 Å². The zero-order valence-corrected chi connectivity index (χ0v) is 5.68. The van der Waals surface area contributed by atoms with Crippen molar-refractivity contribution in [3.05, 3.63) is 0 Å². The fraction of sp³-hybridized carbons (Fsp3) is 1.00. The van der Waals surface area contributed by atoms with Crippen LogP contribution in [0.1, 0.15) is 6.42 Å². The van der Waals surface area contributed by atoms with Crippen molar-refractivity contribution in [3.8, 4) is 0 Å². The third kappa shape index (κ3) is 1.68. The number of hydrogen-bond donors (Lipinski definition) is 0. The summed E-state index contributed by atoms with van der Waals surface area (Å²) < 4.78 is 12.6. The van der Waals surface area contributed by atoms with E-state index in [0.717, 1.165) is 6.54 Å².